The topological polar surface area (TPSA) is 87.5 Å². The van der Waals surface area contributed by atoms with E-state index in [0.29, 0.717) is 28.8 Å². The standard InChI is InChI=1S/C22H20N2O5/c1-14-6-8-15(9-7-14)24-19(23-17-5-3-2-4-16(17)21(24)26)10-11-20(25)29-18-12-13-28-22(18)27/h2-9,18H,10-13H2,1H3/t18-/m0/s1. The van der Waals surface area contributed by atoms with Crippen LogP contribution >= 0.6 is 0 Å². The minimum Gasteiger partial charge on any atom is -0.463 e. The average Bonchev–Trinajstić information content (AvgIpc) is 3.12. The molecule has 0 bridgehead atoms. The summed E-state index contributed by atoms with van der Waals surface area (Å²) in [6.45, 7) is 2.23. The highest BCUT2D eigenvalue weighted by Crippen LogP contribution is 2.16. The van der Waals surface area contributed by atoms with Crippen molar-refractivity contribution in [3.63, 3.8) is 0 Å². The van der Waals surface area contributed by atoms with Crippen LogP contribution in [0.4, 0.5) is 0 Å². The van der Waals surface area contributed by atoms with Gasteiger partial charge in [0.15, 0.2) is 0 Å². The van der Waals surface area contributed by atoms with Crippen LogP contribution in [0.25, 0.3) is 16.6 Å². The summed E-state index contributed by atoms with van der Waals surface area (Å²) in [7, 11) is 0. The van der Waals surface area contributed by atoms with Crippen molar-refractivity contribution in [1.82, 2.24) is 9.55 Å². The van der Waals surface area contributed by atoms with Gasteiger partial charge in [-0.25, -0.2) is 9.78 Å². The molecule has 7 heteroatoms. The van der Waals surface area contributed by atoms with Crippen LogP contribution in [0.3, 0.4) is 0 Å². The molecule has 1 aliphatic heterocycles. The number of nitrogens with zero attached hydrogens (tertiary/aromatic N) is 2. The van der Waals surface area contributed by atoms with Gasteiger partial charge in [0.25, 0.3) is 5.56 Å². The number of carbonyl (C=O) groups excluding carboxylic acids is 2. The van der Waals surface area contributed by atoms with Crippen molar-refractivity contribution in [3.05, 3.63) is 70.3 Å². The van der Waals surface area contributed by atoms with Crippen LogP contribution in [-0.2, 0) is 25.5 Å². The minimum absolute atomic E-state index is 0.000418. The highest BCUT2D eigenvalue weighted by Gasteiger charge is 2.30. The van der Waals surface area contributed by atoms with E-state index in [9.17, 15) is 14.4 Å². The van der Waals surface area contributed by atoms with E-state index in [2.05, 4.69) is 4.98 Å². The Hall–Kier alpha value is -3.48. The maximum atomic E-state index is 13.1. The molecule has 0 saturated carbocycles. The number of benzene rings is 2. The van der Waals surface area contributed by atoms with E-state index in [0.717, 1.165) is 5.56 Å². The van der Waals surface area contributed by atoms with Gasteiger partial charge in [0, 0.05) is 12.8 Å². The van der Waals surface area contributed by atoms with Crippen molar-refractivity contribution in [1.29, 1.82) is 0 Å². The van der Waals surface area contributed by atoms with E-state index in [1.165, 1.54) is 4.57 Å². The molecule has 2 aromatic carbocycles. The maximum absolute atomic E-state index is 13.1. The Morgan fingerprint density at radius 2 is 1.93 bits per heavy atom. The molecule has 0 N–H and O–H groups in total. The Kier molecular flexibility index (Phi) is 5.12. The molecular formula is C22H20N2O5. The molecule has 0 spiro atoms. The number of aryl methyl sites for hydroxylation is 2. The number of para-hydroxylation sites is 1. The van der Waals surface area contributed by atoms with Gasteiger partial charge in [0.05, 0.1) is 29.6 Å². The third-order valence-electron chi connectivity index (χ3n) is 4.85. The number of cyclic esters (lactones) is 1. The van der Waals surface area contributed by atoms with Crippen molar-refractivity contribution in [2.45, 2.75) is 32.3 Å². The molecule has 0 radical (unpaired) electrons. The molecule has 7 nitrogen and oxygen atoms in total. The normalized spacial score (nSPS) is 16.0. The Bertz CT molecular complexity index is 1130. The molecule has 29 heavy (non-hydrogen) atoms. The number of rotatable bonds is 5. The number of esters is 2. The van der Waals surface area contributed by atoms with Crippen LogP contribution in [0.2, 0.25) is 0 Å². The molecule has 1 fully saturated rings. The Morgan fingerprint density at radius 3 is 2.66 bits per heavy atom. The van der Waals surface area contributed by atoms with Gasteiger partial charge in [-0.05, 0) is 31.2 Å². The SMILES string of the molecule is Cc1ccc(-n2c(CCC(=O)O[C@H]3CCOC3=O)nc3ccccc3c2=O)cc1. The van der Waals surface area contributed by atoms with Crippen molar-refractivity contribution in [3.8, 4) is 5.69 Å². The second-order valence-electron chi connectivity index (χ2n) is 6.96. The molecule has 2 heterocycles. The number of carbonyl (C=O) groups is 2. The van der Waals surface area contributed by atoms with Crippen molar-refractivity contribution in [2.24, 2.45) is 0 Å². The van der Waals surface area contributed by atoms with Gasteiger partial charge in [-0.3, -0.25) is 14.2 Å². The first-order valence-corrected chi connectivity index (χ1v) is 9.47. The molecular weight excluding hydrogens is 372 g/mol. The lowest BCUT2D eigenvalue weighted by atomic mass is 10.2. The van der Waals surface area contributed by atoms with Gasteiger partial charge in [-0.1, -0.05) is 29.8 Å². The molecule has 1 atom stereocenters. The smallest absolute Gasteiger partial charge is 0.347 e. The van der Waals surface area contributed by atoms with Gasteiger partial charge < -0.3 is 9.47 Å². The van der Waals surface area contributed by atoms with Crippen molar-refractivity contribution in [2.75, 3.05) is 6.61 Å². The zero-order valence-corrected chi connectivity index (χ0v) is 16.0. The maximum Gasteiger partial charge on any atom is 0.347 e. The lowest BCUT2D eigenvalue weighted by Crippen LogP contribution is -2.26. The lowest BCUT2D eigenvalue weighted by molar-refractivity contribution is -0.160. The summed E-state index contributed by atoms with van der Waals surface area (Å²) < 4.78 is 11.5. The van der Waals surface area contributed by atoms with Crippen molar-refractivity contribution >= 4 is 22.8 Å². The lowest BCUT2D eigenvalue weighted by Gasteiger charge is -2.14. The Morgan fingerprint density at radius 1 is 1.17 bits per heavy atom. The third kappa shape index (κ3) is 3.89. The predicted octanol–water partition coefficient (Wildman–Crippen LogP) is 2.49. The van der Waals surface area contributed by atoms with Crippen LogP contribution in [0, 0.1) is 6.92 Å². The Labute approximate surface area is 166 Å². The zero-order chi connectivity index (χ0) is 20.4. The van der Waals surface area contributed by atoms with E-state index in [1.54, 1.807) is 18.2 Å². The molecule has 148 valence electrons. The van der Waals surface area contributed by atoms with Crippen LogP contribution in [0.15, 0.2) is 53.3 Å². The van der Waals surface area contributed by atoms with E-state index < -0.39 is 18.0 Å². The number of aromatic nitrogens is 2. The largest absolute Gasteiger partial charge is 0.463 e. The minimum atomic E-state index is -0.841. The van der Waals surface area contributed by atoms with Gasteiger partial charge in [0.2, 0.25) is 6.10 Å². The zero-order valence-electron chi connectivity index (χ0n) is 16.0. The van der Waals surface area contributed by atoms with Crippen LogP contribution in [0.5, 0.6) is 0 Å². The first-order valence-electron chi connectivity index (χ1n) is 9.47. The summed E-state index contributed by atoms with van der Waals surface area (Å²) in [5, 5.41) is 0.508. The summed E-state index contributed by atoms with van der Waals surface area (Å²) in [5.74, 6) is -0.575. The van der Waals surface area contributed by atoms with Gasteiger partial charge in [-0.15, -0.1) is 0 Å². The second kappa shape index (κ2) is 7.87. The highest BCUT2D eigenvalue weighted by atomic mass is 16.6. The number of hydrogen-bond acceptors (Lipinski definition) is 6. The fourth-order valence-electron chi connectivity index (χ4n) is 3.32. The van der Waals surface area contributed by atoms with Crippen LogP contribution in [0.1, 0.15) is 24.2 Å². The average molecular weight is 392 g/mol. The molecule has 1 aromatic heterocycles. The van der Waals surface area contributed by atoms with Crippen molar-refractivity contribution < 1.29 is 19.1 Å². The molecule has 1 saturated heterocycles. The van der Waals surface area contributed by atoms with Crippen LogP contribution < -0.4 is 5.56 Å². The summed E-state index contributed by atoms with van der Waals surface area (Å²) in [6.07, 6.45) is -0.270. The fourth-order valence-corrected chi connectivity index (χ4v) is 3.32. The molecule has 1 aliphatic rings. The number of fused-ring (bicyclic) bond motifs is 1. The Balaban J connectivity index is 1.66. The quantitative estimate of drug-likeness (QED) is 0.620. The van der Waals surface area contributed by atoms with Crippen LogP contribution in [-0.4, -0.2) is 34.2 Å². The van der Waals surface area contributed by atoms with Gasteiger partial charge in [-0.2, -0.15) is 0 Å². The summed E-state index contributed by atoms with van der Waals surface area (Å²) in [6, 6.07) is 14.7. The highest BCUT2D eigenvalue weighted by molar-refractivity contribution is 5.81. The molecule has 0 unspecified atom stereocenters. The van der Waals surface area contributed by atoms with E-state index in [4.69, 9.17) is 9.47 Å². The van der Waals surface area contributed by atoms with Gasteiger partial charge >= 0.3 is 11.9 Å². The fraction of sp³-hybridized carbons (Fsp3) is 0.273. The monoisotopic (exact) mass is 392 g/mol. The van der Waals surface area contributed by atoms with E-state index >= 15 is 0 Å². The summed E-state index contributed by atoms with van der Waals surface area (Å²) in [5.41, 5.74) is 2.14. The van der Waals surface area contributed by atoms with E-state index in [1.807, 2.05) is 37.3 Å². The summed E-state index contributed by atoms with van der Waals surface area (Å²) >= 11 is 0. The number of hydrogen-bond donors (Lipinski definition) is 0. The molecule has 4 rings (SSSR count). The molecule has 3 aromatic rings. The third-order valence-corrected chi connectivity index (χ3v) is 4.85. The number of ether oxygens (including phenoxy) is 2. The first-order chi connectivity index (χ1) is 14.0. The first kappa shape index (κ1) is 18.9. The molecule has 0 aliphatic carbocycles. The van der Waals surface area contributed by atoms with Gasteiger partial charge in [0.1, 0.15) is 5.82 Å². The predicted molar refractivity (Wildman–Crippen MR) is 106 cm³/mol. The second-order valence-corrected chi connectivity index (χ2v) is 6.96. The summed E-state index contributed by atoms with van der Waals surface area (Å²) in [4.78, 5) is 41.5. The van der Waals surface area contributed by atoms with E-state index in [-0.39, 0.29) is 25.0 Å². The molecule has 0 amide bonds.